The van der Waals surface area contributed by atoms with Gasteiger partial charge in [-0.05, 0) is 30.2 Å². The van der Waals surface area contributed by atoms with E-state index in [2.05, 4.69) is 30.6 Å². The first-order chi connectivity index (χ1) is 6.86. The maximum absolute atomic E-state index is 4.36. The highest BCUT2D eigenvalue weighted by atomic mass is 32.2. The quantitative estimate of drug-likeness (QED) is 0.590. The van der Waals surface area contributed by atoms with Gasteiger partial charge >= 0.3 is 0 Å². The number of hydrogen-bond acceptors (Lipinski definition) is 3. The van der Waals surface area contributed by atoms with Crippen LogP contribution in [-0.2, 0) is 0 Å². The number of pyridine rings is 1. The van der Waals surface area contributed by atoms with E-state index in [0.29, 0.717) is 0 Å². The molecule has 0 aliphatic heterocycles. The summed E-state index contributed by atoms with van der Waals surface area (Å²) in [6.07, 6.45) is 4.36. The normalized spacial score (nSPS) is 12.7. The Balaban J connectivity index is 2.32. The van der Waals surface area contributed by atoms with Gasteiger partial charge in [-0.25, -0.2) is 4.98 Å². The molecule has 0 saturated heterocycles. The molecule has 1 unspecified atom stereocenters. The van der Waals surface area contributed by atoms with Crippen LogP contribution >= 0.6 is 24.4 Å². The standard InChI is InChI=1S/C11H17NS2/c1-2-5-10(8-13)9-14-11-6-3-4-7-12-11/h3-4,6-7,10,13H,2,5,8-9H2,1H3. The first-order valence-electron chi connectivity index (χ1n) is 5.01. The third kappa shape index (κ3) is 4.38. The maximum Gasteiger partial charge on any atom is 0.0959 e. The van der Waals surface area contributed by atoms with Crippen LogP contribution in [0.2, 0.25) is 0 Å². The smallest absolute Gasteiger partial charge is 0.0959 e. The lowest BCUT2D eigenvalue weighted by Crippen LogP contribution is -2.05. The Morgan fingerprint density at radius 3 is 2.93 bits per heavy atom. The van der Waals surface area contributed by atoms with E-state index in [1.54, 1.807) is 0 Å². The predicted octanol–water partition coefficient (Wildman–Crippen LogP) is 3.52. The van der Waals surface area contributed by atoms with Gasteiger partial charge in [0.2, 0.25) is 0 Å². The Morgan fingerprint density at radius 1 is 1.50 bits per heavy atom. The number of nitrogens with zero attached hydrogens (tertiary/aromatic N) is 1. The van der Waals surface area contributed by atoms with Crippen molar-refractivity contribution in [3.8, 4) is 0 Å². The minimum Gasteiger partial charge on any atom is -0.250 e. The minimum atomic E-state index is 0.718. The first kappa shape index (κ1) is 11.9. The van der Waals surface area contributed by atoms with Crippen LogP contribution in [0.15, 0.2) is 29.4 Å². The zero-order valence-corrected chi connectivity index (χ0v) is 10.2. The fourth-order valence-corrected chi connectivity index (χ4v) is 2.76. The molecule has 3 heteroatoms. The lowest BCUT2D eigenvalue weighted by Gasteiger charge is -2.11. The molecule has 0 amide bonds. The van der Waals surface area contributed by atoms with E-state index in [4.69, 9.17) is 0 Å². The van der Waals surface area contributed by atoms with E-state index in [9.17, 15) is 0 Å². The highest BCUT2D eigenvalue weighted by Gasteiger charge is 2.06. The van der Waals surface area contributed by atoms with Crippen molar-refractivity contribution in [2.45, 2.75) is 24.8 Å². The third-order valence-electron chi connectivity index (χ3n) is 2.06. The summed E-state index contributed by atoms with van der Waals surface area (Å²) >= 11 is 6.20. The van der Waals surface area contributed by atoms with Gasteiger partial charge in [-0.3, -0.25) is 0 Å². The Hall–Kier alpha value is -0.150. The molecule has 1 atom stereocenters. The van der Waals surface area contributed by atoms with Crippen LogP contribution in [0.5, 0.6) is 0 Å². The molecule has 0 saturated carbocycles. The summed E-state index contributed by atoms with van der Waals surface area (Å²) in [5.74, 6) is 2.83. The molecule has 0 N–H and O–H groups in total. The Labute approximate surface area is 96.1 Å². The summed E-state index contributed by atoms with van der Waals surface area (Å²) in [5, 5.41) is 1.12. The van der Waals surface area contributed by atoms with E-state index in [1.807, 2.05) is 30.1 Å². The second kappa shape index (κ2) is 7.18. The molecule has 1 heterocycles. The molecular weight excluding hydrogens is 210 g/mol. The Morgan fingerprint density at radius 2 is 2.36 bits per heavy atom. The van der Waals surface area contributed by atoms with Crippen LogP contribution in [0, 0.1) is 5.92 Å². The van der Waals surface area contributed by atoms with Crippen molar-refractivity contribution < 1.29 is 0 Å². The van der Waals surface area contributed by atoms with Crippen molar-refractivity contribution >= 4 is 24.4 Å². The van der Waals surface area contributed by atoms with E-state index in [-0.39, 0.29) is 0 Å². The molecule has 1 nitrogen and oxygen atoms in total. The van der Waals surface area contributed by atoms with Crippen LogP contribution in [0.3, 0.4) is 0 Å². The molecule has 0 bridgehead atoms. The number of aromatic nitrogens is 1. The highest BCUT2D eigenvalue weighted by Crippen LogP contribution is 2.21. The van der Waals surface area contributed by atoms with Crippen LogP contribution in [-0.4, -0.2) is 16.5 Å². The van der Waals surface area contributed by atoms with Crippen LogP contribution in [0.4, 0.5) is 0 Å². The largest absolute Gasteiger partial charge is 0.250 e. The maximum atomic E-state index is 4.36. The Bertz CT molecular complexity index is 238. The molecule has 0 fully saturated rings. The summed E-state index contributed by atoms with van der Waals surface area (Å²) in [5.41, 5.74) is 0. The summed E-state index contributed by atoms with van der Waals surface area (Å²) in [6, 6.07) is 6.04. The number of hydrogen-bond donors (Lipinski definition) is 1. The van der Waals surface area contributed by atoms with Gasteiger partial charge in [0.15, 0.2) is 0 Å². The topological polar surface area (TPSA) is 12.9 Å². The van der Waals surface area contributed by atoms with Gasteiger partial charge in [-0.1, -0.05) is 19.4 Å². The summed E-state index contributed by atoms with van der Waals surface area (Å²) < 4.78 is 0. The van der Waals surface area contributed by atoms with Crippen molar-refractivity contribution in [1.82, 2.24) is 4.98 Å². The van der Waals surface area contributed by atoms with Gasteiger partial charge in [-0.2, -0.15) is 12.6 Å². The van der Waals surface area contributed by atoms with Gasteiger partial charge in [0.25, 0.3) is 0 Å². The van der Waals surface area contributed by atoms with Crippen molar-refractivity contribution in [2.75, 3.05) is 11.5 Å². The number of thiol groups is 1. The number of thioether (sulfide) groups is 1. The predicted molar refractivity (Wildman–Crippen MR) is 67.2 cm³/mol. The van der Waals surface area contributed by atoms with E-state index in [0.717, 1.165) is 22.4 Å². The summed E-state index contributed by atoms with van der Waals surface area (Å²) in [4.78, 5) is 4.28. The van der Waals surface area contributed by atoms with Gasteiger partial charge in [-0.15, -0.1) is 11.8 Å². The molecule has 1 aromatic heterocycles. The average Bonchev–Trinajstić information content (AvgIpc) is 2.25. The fourth-order valence-electron chi connectivity index (χ4n) is 1.27. The van der Waals surface area contributed by atoms with Gasteiger partial charge in [0, 0.05) is 11.9 Å². The summed E-state index contributed by atoms with van der Waals surface area (Å²) in [6.45, 7) is 2.22. The lowest BCUT2D eigenvalue weighted by molar-refractivity contribution is 0.595. The molecule has 1 aromatic rings. The van der Waals surface area contributed by atoms with Gasteiger partial charge in [0.05, 0.1) is 5.03 Å². The zero-order valence-electron chi connectivity index (χ0n) is 8.52. The van der Waals surface area contributed by atoms with Crippen molar-refractivity contribution in [2.24, 2.45) is 5.92 Å². The van der Waals surface area contributed by atoms with E-state index in [1.165, 1.54) is 12.8 Å². The average molecular weight is 227 g/mol. The number of rotatable bonds is 6. The van der Waals surface area contributed by atoms with Gasteiger partial charge in [0.1, 0.15) is 0 Å². The molecule has 78 valence electrons. The molecule has 0 aliphatic rings. The lowest BCUT2D eigenvalue weighted by atomic mass is 10.1. The molecule has 14 heavy (non-hydrogen) atoms. The second-order valence-corrected chi connectivity index (χ2v) is 4.72. The molecule has 0 spiro atoms. The van der Waals surface area contributed by atoms with Crippen LogP contribution < -0.4 is 0 Å². The van der Waals surface area contributed by atoms with E-state index >= 15 is 0 Å². The first-order valence-corrected chi connectivity index (χ1v) is 6.63. The second-order valence-electron chi connectivity index (χ2n) is 3.32. The molecule has 0 aliphatic carbocycles. The summed E-state index contributed by atoms with van der Waals surface area (Å²) in [7, 11) is 0. The highest BCUT2D eigenvalue weighted by molar-refractivity contribution is 7.99. The van der Waals surface area contributed by atoms with Crippen LogP contribution in [0.25, 0.3) is 0 Å². The van der Waals surface area contributed by atoms with Gasteiger partial charge < -0.3 is 0 Å². The molecular formula is C11H17NS2. The van der Waals surface area contributed by atoms with Crippen molar-refractivity contribution in [3.05, 3.63) is 24.4 Å². The van der Waals surface area contributed by atoms with Crippen molar-refractivity contribution in [1.29, 1.82) is 0 Å². The minimum absolute atomic E-state index is 0.718. The monoisotopic (exact) mass is 227 g/mol. The van der Waals surface area contributed by atoms with Crippen molar-refractivity contribution in [3.63, 3.8) is 0 Å². The fraction of sp³-hybridized carbons (Fsp3) is 0.545. The third-order valence-corrected chi connectivity index (χ3v) is 3.75. The van der Waals surface area contributed by atoms with Crippen LogP contribution in [0.1, 0.15) is 19.8 Å². The molecule has 0 radical (unpaired) electrons. The Kier molecular flexibility index (Phi) is 6.12. The van der Waals surface area contributed by atoms with E-state index < -0.39 is 0 Å². The molecule has 0 aromatic carbocycles. The zero-order chi connectivity index (χ0) is 10.2. The SMILES string of the molecule is CCCC(CS)CSc1ccccn1. The molecule has 1 rings (SSSR count).